The van der Waals surface area contributed by atoms with Crippen molar-refractivity contribution in [2.75, 3.05) is 14.2 Å². The van der Waals surface area contributed by atoms with E-state index in [-0.39, 0.29) is 29.1 Å². The minimum Gasteiger partial charge on any atom is -0.481 e. The second-order valence-electron chi connectivity index (χ2n) is 4.93. The topological polar surface area (TPSA) is 126 Å². The number of aromatic nitrogens is 2. The molecular weight excluding hydrogens is 328 g/mol. The van der Waals surface area contributed by atoms with Crippen molar-refractivity contribution in [3.05, 3.63) is 35.9 Å². The Morgan fingerprint density at radius 3 is 2.28 bits per heavy atom. The standard InChI is InChI=1S/C16H18N4O5/c1-9(14(17)21)18-15(22)10-6-4-5-7-11(10)25-16-19-12(23-2)8-13(20-16)24-3/h4-9H,1-3H3,(H2,17,21)(H,18,22)/t9-/m0/s1. The van der Waals surface area contributed by atoms with Crippen molar-refractivity contribution in [2.24, 2.45) is 5.73 Å². The molecule has 9 heteroatoms. The molecule has 2 aromatic rings. The van der Waals surface area contributed by atoms with Gasteiger partial charge in [-0.25, -0.2) is 0 Å². The number of hydrogen-bond donors (Lipinski definition) is 2. The molecule has 25 heavy (non-hydrogen) atoms. The van der Waals surface area contributed by atoms with E-state index in [0.29, 0.717) is 0 Å². The molecular formula is C16H18N4O5. The van der Waals surface area contributed by atoms with Gasteiger partial charge in [-0.1, -0.05) is 12.1 Å². The molecule has 9 nitrogen and oxygen atoms in total. The van der Waals surface area contributed by atoms with Crippen LogP contribution in [0.3, 0.4) is 0 Å². The number of carbonyl (C=O) groups is 2. The van der Waals surface area contributed by atoms with E-state index in [0.717, 1.165) is 0 Å². The number of nitrogens with one attached hydrogen (secondary N) is 1. The van der Waals surface area contributed by atoms with Crippen molar-refractivity contribution in [1.82, 2.24) is 15.3 Å². The fraction of sp³-hybridized carbons (Fsp3) is 0.250. The van der Waals surface area contributed by atoms with Gasteiger partial charge < -0.3 is 25.3 Å². The monoisotopic (exact) mass is 346 g/mol. The molecule has 2 rings (SSSR count). The number of methoxy groups -OCH3 is 2. The first kappa shape index (κ1) is 18.0. The van der Waals surface area contributed by atoms with E-state index in [1.807, 2.05) is 0 Å². The average molecular weight is 346 g/mol. The fourth-order valence-corrected chi connectivity index (χ4v) is 1.83. The maximum Gasteiger partial charge on any atom is 0.328 e. The molecule has 0 unspecified atom stereocenters. The predicted octanol–water partition coefficient (Wildman–Crippen LogP) is 0.890. The third-order valence-corrected chi connectivity index (χ3v) is 3.18. The van der Waals surface area contributed by atoms with Crippen molar-refractivity contribution >= 4 is 11.8 Å². The Hall–Kier alpha value is -3.36. The van der Waals surface area contributed by atoms with Crippen molar-refractivity contribution in [1.29, 1.82) is 0 Å². The van der Waals surface area contributed by atoms with Gasteiger partial charge >= 0.3 is 6.01 Å². The van der Waals surface area contributed by atoms with E-state index in [1.54, 1.807) is 18.2 Å². The van der Waals surface area contributed by atoms with Gasteiger partial charge in [0.05, 0.1) is 25.8 Å². The number of hydrogen-bond acceptors (Lipinski definition) is 7. The van der Waals surface area contributed by atoms with Crippen LogP contribution in [-0.4, -0.2) is 42.0 Å². The van der Waals surface area contributed by atoms with Crippen LogP contribution in [0.25, 0.3) is 0 Å². The first-order valence-electron chi connectivity index (χ1n) is 7.28. The molecule has 0 fully saturated rings. The summed E-state index contributed by atoms with van der Waals surface area (Å²) in [6, 6.07) is 7.05. The molecule has 1 heterocycles. The van der Waals surface area contributed by atoms with Gasteiger partial charge in [0, 0.05) is 0 Å². The van der Waals surface area contributed by atoms with Crippen LogP contribution in [0.2, 0.25) is 0 Å². The fourth-order valence-electron chi connectivity index (χ4n) is 1.83. The number of amides is 2. The van der Waals surface area contributed by atoms with Gasteiger partial charge in [-0.15, -0.1) is 0 Å². The summed E-state index contributed by atoms with van der Waals surface area (Å²) in [6.45, 7) is 1.49. The zero-order chi connectivity index (χ0) is 18.4. The van der Waals surface area contributed by atoms with Crippen molar-refractivity contribution in [3.8, 4) is 23.5 Å². The molecule has 1 atom stereocenters. The maximum atomic E-state index is 12.3. The van der Waals surface area contributed by atoms with Crippen LogP contribution in [0.4, 0.5) is 0 Å². The van der Waals surface area contributed by atoms with Crippen molar-refractivity contribution in [2.45, 2.75) is 13.0 Å². The number of nitrogens with zero attached hydrogens (tertiary/aromatic N) is 2. The lowest BCUT2D eigenvalue weighted by atomic mass is 10.1. The first-order valence-corrected chi connectivity index (χ1v) is 7.28. The number of benzene rings is 1. The summed E-state index contributed by atoms with van der Waals surface area (Å²) in [5.41, 5.74) is 5.35. The van der Waals surface area contributed by atoms with Crippen LogP contribution in [-0.2, 0) is 4.79 Å². The van der Waals surface area contributed by atoms with Crippen molar-refractivity contribution in [3.63, 3.8) is 0 Å². The molecule has 1 aromatic heterocycles. The molecule has 132 valence electrons. The lowest BCUT2D eigenvalue weighted by Gasteiger charge is -2.13. The molecule has 0 bridgehead atoms. The SMILES string of the molecule is COc1cc(OC)nc(Oc2ccccc2C(=O)N[C@@H](C)C(N)=O)n1. The molecule has 0 spiro atoms. The van der Waals surface area contributed by atoms with Gasteiger partial charge in [0.25, 0.3) is 5.91 Å². The smallest absolute Gasteiger partial charge is 0.328 e. The summed E-state index contributed by atoms with van der Waals surface area (Å²) in [4.78, 5) is 31.5. The number of para-hydroxylation sites is 1. The average Bonchev–Trinajstić information content (AvgIpc) is 2.61. The lowest BCUT2D eigenvalue weighted by molar-refractivity contribution is -0.119. The highest BCUT2D eigenvalue weighted by molar-refractivity contribution is 5.99. The third kappa shape index (κ3) is 4.56. The molecule has 0 saturated carbocycles. The second kappa shape index (κ2) is 7.95. The third-order valence-electron chi connectivity index (χ3n) is 3.18. The maximum absolute atomic E-state index is 12.3. The van der Waals surface area contributed by atoms with E-state index in [1.165, 1.54) is 33.3 Å². The first-order chi connectivity index (χ1) is 11.9. The van der Waals surface area contributed by atoms with Crippen LogP contribution in [0, 0.1) is 0 Å². The van der Waals surface area contributed by atoms with E-state index in [2.05, 4.69) is 15.3 Å². The Morgan fingerprint density at radius 2 is 1.72 bits per heavy atom. The molecule has 0 saturated heterocycles. The highest BCUT2D eigenvalue weighted by Crippen LogP contribution is 2.26. The normalized spacial score (nSPS) is 11.3. The molecule has 2 amide bonds. The summed E-state index contributed by atoms with van der Waals surface area (Å²) in [5.74, 6) is -0.478. The van der Waals surface area contributed by atoms with Gasteiger partial charge in [0.1, 0.15) is 11.8 Å². The number of ether oxygens (including phenoxy) is 3. The number of rotatable bonds is 7. The highest BCUT2D eigenvalue weighted by Gasteiger charge is 2.18. The molecule has 0 radical (unpaired) electrons. The van der Waals surface area contributed by atoms with Crippen LogP contribution in [0.5, 0.6) is 23.5 Å². The van der Waals surface area contributed by atoms with E-state index in [4.69, 9.17) is 19.9 Å². The van der Waals surface area contributed by atoms with Gasteiger partial charge in [-0.3, -0.25) is 9.59 Å². The van der Waals surface area contributed by atoms with Gasteiger partial charge in [0.15, 0.2) is 0 Å². The van der Waals surface area contributed by atoms with E-state index in [9.17, 15) is 9.59 Å². The van der Waals surface area contributed by atoms with Crippen molar-refractivity contribution < 1.29 is 23.8 Å². The summed E-state index contributed by atoms with van der Waals surface area (Å²) in [7, 11) is 2.89. The van der Waals surface area contributed by atoms with Crippen LogP contribution >= 0.6 is 0 Å². The largest absolute Gasteiger partial charge is 0.481 e. The van der Waals surface area contributed by atoms with Gasteiger partial charge in [-0.2, -0.15) is 9.97 Å². The van der Waals surface area contributed by atoms with Crippen LogP contribution in [0.15, 0.2) is 30.3 Å². The zero-order valence-corrected chi connectivity index (χ0v) is 14.0. The van der Waals surface area contributed by atoms with Crippen LogP contribution in [0.1, 0.15) is 17.3 Å². The summed E-state index contributed by atoms with van der Waals surface area (Å²) in [6.07, 6.45) is 0. The summed E-state index contributed by atoms with van der Waals surface area (Å²) >= 11 is 0. The summed E-state index contributed by atoms with van der Waals surface area (Å²) < 4.78 is 15.7. The molecule has 0 aliphatic rings. The highest BCUT2D eigenvalue weighted by atomic mass is 16.5. The molecule has 3 N–H and O–H groups in total. The number of carbonyl (C=O) groups excluding carboxylic acids is 2. The van der Waals surface area contributed by atoms with E-state index < -0.39 is 17.9 Å². The lowest BCUT2D eigenvalue weighted by Crippen LogP contribution is -2.42. The minimum atomic E-state index is -0.825. The Kier molecular flexibility index (Phi) is 5.72. The Morgan fingerprint density at radius 1 is 1.12 bits per heavy atom. The molecule has 0 aliphatic heterocycles. The Bertz CT molecular complexity index is 759. The summed E-state index contributed by atoms with van der Waals surface area (Å²) in [5, 5.41) is 2.48. The van der Waals surface area contributed by atoms with E-state index >= 15 is 0 Å². The Balaban J connectivity index is 2.29. The molecule has 1 aromatic carbocycles. The number of nitrogens with two attached hydrogens (primary N) is 1. The number of primary amides is 1. The van der Waals surface area contributed by atoms with Crippen LogP contribution < -0.4 is 25.3 Å². The Labute approximate surface area is 144 Å². The quantitative estimate of drug-likeness (QED) is 0.762. The molecule has 0 aliphatic carbocycles. The predicted molar refractivity (Wildman–Crippen MR) is 87.8 cm³/mol. The van der Waals surface area contributed by atoms with Gasteiger partial charge in [-0.05, 0) is 19.1 Å². The second-order valence-corrected chi connectivity index (χ2v) is 4.93. The minimum absolute atomic E-state index is 0.0561. The zero-order valence-electron chi connectivity index (χ0n) is 14.0. The van der Waals surface area contributed by atoms with Gasteiger partial charge in [0.2, 0.25) is 17.7 Å².